The number of aryl methyl sites for hydroxylation is 4. The first kappa shape index (κ1) is 20.5. The van der Waals surface area contributed by atoms with Gasteiger partial charge < -0.3 is 20.1 Å². The molecule has 3 aromatic carbocycles. The molecule has 3 aromatic rings. The summed E-state index contributed by atoms with van der Waals surface area (Å²) >= 11 is 0. The number of rotatable bonds is 3. The molecule has 0 amide bonds. The lowest BCUT2D eigenvalue weighted by atomic mass is 9.75. The SMILES string of the molecule is Cc1cc(C)c(C2(c3c(C)cc(C)cc3O)OC(=O)c3cc(C(=O)O)ccc32)c(O)c1. The molecule has 0 atom stereocenters. The van der Waals surface area contributed by atoms with Crippen molar-refractivity contribution in [2.45, 2.75) is 33.3 Å². The Balaban J connectivity index is 2.18. The van der Waals surface area contributed by atoms with E-state index in [0.29, 0.717) is 27.8 Å². The highest BCUT2D eigenvalue weighted by Gasteiger charge is 2.53. The van der Waals surface area contributed by atoms with Crippen molar-refractivity contribution in [2.24, 2.45) is 0 Å². The molecule has 0 saturated carbocycles. The van der Waals surface area contributed by atoms with Crippen molar-refractivity contribution in [2.75, 3.05) is 0 Å². The number of phenolic OH excluding ortho intramolecular Hbond substituents is 2. The van der Waals surface area contributed by atoms with Crippen LogP contribution in [0.4, 0.5) is 0 Å². The predicted molar refractivity (Wildman–Crippen MR) is 114 cm³/mol. The normalized spacial score (nSPS) is 14.3. The summed E-state index contributed by atoms with van der Waals surface area (Å²) in [4.78, 5) is 24.5. The first-order valence-corrected chi connectivity index (χ1v) is 9.78. The Hall–Kier alpha value is -3.80. The van der Waals surface area contributed by atoms with Crippen LogP contribution in [0.2, 0.25) is 0 Å². The molecule has 6 nitrogen and oxygen atoms in total. The lowest BCUT2D eigenvalue weighted by Gasteiger charge is -2.34. The number of aromatic carboxylic acids is 1. The minimum absolute atomic E-state index is 0.0544. The van der Waals surface area contributed by atoms with E-state index in [2.05, 4.69) is 0 Å². The van der Waals surface area contributed by atoms with E-state index in [-0.39, 0.29) is 22.6 Å². The molecule has 4 rings (SSSR count). The van der Waals surface area contributed by atoms with Gasteiger partial charge in [0.25, 0.3) is 0 Å². The zero-order valence-electron chi connectivity index (χ0n) is 17.6. The number of hydrogen-bond donors (Lipinski definition) is 3. The quantitative estimate of drug-likeness (QED) is 0.542. The fraction of sp³-hybridized carbons (Fsp3) is 0.200. The van der Waals surface area contributed by atoms with Crippen molar-refractivity contribution in [1.82, 2.24) is 0 Å². The van der Waals surface area contributed by atoms with Gasteiger partial charge in [0.15, 0.2) is 5.60 Å². The van der Waals surface area contributed by atoms with Crippen LogP contribution in [0.5, 0.6) is 11.5 Å². The molecule has 31 heavy (non-hydrogen) atoms. The molecule has 6 heteroatoms. The molecule has 1 aliphatic heterocycles. The van der Waals surface area contributed by atoms with Crippen molar-refractivity contribution >= 4 is 11.9 Å². The minimum atomic E-state index is -1.63. The summed E-state index contributed by atoms with van der Waals surface area (Å²) in [5.41, 5.74) is 2.40. The summed E-state index contributed by atoms with van der Waals surface area (Å²) in [7, 11) is 0. The van der Waals surface area contributed by atoms with Gasteiger partial charge in [-0.3, -0.25) is 0 Å². The van der Waals surface area contributed by atoms with Gasteiger partial charge in [0.05, 0.1) is 11.1 Å². The Labute approximate surface area is 179 Å². The van der Waals surface area contributed by atoms with Crippen LogP contribution in [-0.2, 0) is 10.3 Å². The van der Waals surface area contributed by atoms with E-state index in [1.807, 2.05) is 26.0 Å². The summed E-state index contributed by atoms with van der Waals surface area (Å²) in [5.74, 6) is -2.06. The summed E-state index contributed by atoms with van der Waals surface area (Å²) in [6.45, 7) is 7.26. The Bertz CT molecular complexity index is 1170. The van der Waals surface area contributed by atoms with Crippen molar-refractivity contribution in [3.8, 4) is 11.5 Å². The Morgan fingerprint density at radius 2 is 1.35 bits per heavy atom. The lowest BCUT2D eigenvalue weighted by molar-refractivity contribution is 0.0236. The molecule has 0 unspecified atom stereocenters. The van der Waals surface area contributed by atoms with Crippen molar-refractivity contribution in [3.63, 3.8) is 0 Å². The molecule has 0 aliphatic carbocycles. The van der Waals surface area contributed by atoms with Gasteiger partial charge in [-0.05, 0) is 74.2 Å². The molecule has 0 aromatic heterocycles. The number of aromatic hydroxyl groups is 2. The number of benzene rings is 3. The average molecular weight is 418 g/mol. The fourth-order valence-corrected chi connectivity index (χ4v) is 4.70. The second-order valence-corrected chi connectivity index (χ2v) is 8.09. The van der Waals surface area contributed by atoms with Gasteiger partial charge in [0.1, 0.15) is 11.5 Å². The topological polar surface area (TPSA) is 104 Å². The second-order valence-electron chi connectivity index (χ2n) is 8.09. The van der Waals surface area contributed by atoms with Crippen molar-refractivity contribution < 1.29 is 29.6 Å². The van der Waals surface area contributed by atoms with Gasteiger partial charge in [0, 0.05) is 16.7 Å². The van der Waals surface area contributed by atoms with E-state index in [4.69, 9.17) is 4.74 Å². The van der Waals surface area contributed by atoms with Gasteiger partial charge >= 0.3 is 11.9 Å². The molecular formula is C25H22O6. The first-order valence-electron chi connectivity index (χ1n) is 9.78. The summed E-state index contributed by atoms with van der Waals surface area (Å²) in [6.07, 6.45) is 0. The van der Waals surface area contributed by atoms with Crippen LogP contribution >= 0.6 is 0 Å². The molecular weight excluding hydrogens is 396 g/mol. The number of fused-ring (bicyclic) bond motifs is 1. The summed E-state index contributed by atoms with van der Waals surface area (Å²) in [6, 6.07) is 11.0. The Kier molecular flexibility index (Phi) is 4.54. The zero-order chi connectivity index (χ0) is 22.7. The number of ether oxygens (including phenoxy) is 1. The first-order chi connectivity index (χ1) is 14.6. The number of phenols is 2. The Morgan fingerprint density at radius 1 is 0.839 bits per heavy atom. The van der Waals surface area contributed by atoms with Crippen molar-refractivity contribution in [1.29, 1.82) is 0 Å². The van der Waals surface area contributed by atoms with Crippen LogP contribution in [0.25, 0.3) is 0 Å². The number of carbonyl (C=O) groups is 2. The number of cyclic esters (lactones) is 1. The van der Waals surface area contributed by atoms with Gasteiger partial charge in [0.2, 0.25) is 0 Å². The molecule has 0 radical (unpaired) electrons. The molecule has 3 N–H and O–H groups in total. The molecule has 0 bridgehead atoms. The third kappa shape index (κ3) is 2.94. The zero-order valence-corrected chi connectivity index (χ0v) is 17.6. The third-order valence-electron chi connectivity index (χ3n) is 5.73. The van der Waals surface area contributed by atoms with Crippen LogP contribution in [0.3, 0.4) is 0 Å². The number of carboxylic acids is 1. The summed E-state index contributed by atoms with van der Waals surface area (Å²) < 4.78 is 5.98. The lowest BCUT2D eigenvalue weighted by Crippen LogP contribution is -2.32. The smallest absolute Gasteiger partial charge is 0.340 e. The minimum Gasteiger partial charge on any atom is -0.507 e. The second kappa shape index (κ2) is 6.87. The molecule has 1 aliphatic rings. The van der Waals surface area contributed by atoms with Crippen LogP contribution in [-0.4, -0.2) is 27.3 Å². The van der Waals surface area contributed by atoms with Crippen molar-refractivity contribution in [3.05, 3.63) is 92.5 Å². The molecule has 0 saturated heterocycles. The van der Waals surface area contributed by atoms with Crippen LogP contribution < -0.4 is 0 Å². The van der Waals surface area contributed by atoms with E-state index in [0.717, 1.165) is 11.1 Å². The number of carbonyl (C=O) groups excluding carboxylic acids is 1. The number of carboxylic acid groups (broad SMARTS) is 1. The third-order valence-corrected chi connectivity index (χ3v) is 5.73. The van der Waals surface area contributed by atoms with Crippen LogP contribution in [0.15, 0.2) is 42.5 Å². The van der Waals surface area contributed by atoms with E-state index in [9.17, 15) is 24.9 Å². The average Bonchev–Trinajstić information content (AvgIpc) is 2.92. The monoisotopic (exact) mass is 418 g/mol. The van der Waals surface area contributed by atoms with Gasteiger partial charge in [-0.1, -0.05) is 18.2 Å². The molecule has 0 fully saturated rings. The largest absolute Gasteiger partial charge is 0.507 e. The van der Waals surface area contributed by atoms with E-state index in [1.165, 1.54) is 18.2 Å². The Morgan fingerprint density at radius 3 is 1.81 bits per heavy atom. The molecule has 158 valence electrons. The maximum atomic E-state index is 13.0. The van der Waals surface area contributed by atoms with Crippen LogP contribution in [0.1, 0.15) is 59.7 Å². The maximum absolute atomic E-state index is 13.0. The molecule has 0 spiro atoms. The fourth-order valence-electron chi connectivity index (χ4n) is 4.70. The highest BCUT2D eigenvalue weighted by molar-refractivity contribution is 6.00. The van der Waals surface area contributed by atoms with E-state index >= 15 is 0 Å². The van der Waals surface area contributed by atoms with Gasteiger partial charge in [-0.2, -0.15) is 0 Å². The summed E-state index contributed by atoms with van der Waals surface area (Å²) in [5, 5.41) is 31.3. The van der Waals surface area contributed by atoms with E-state index < -0.39 is 17.5 Å². The highest BCUT2D eigenvalue weighted by Crippen LogP contribution is 2.54. The van der Waals surface area contributed by atoms with Gasteiger partial charge in [-0.25, -0.2) is 9.59 Å². The predicted octanol–water partition coefficient (Wildman–Crippen LogP) is 4.49. The highest BCUT2D eigenvalue weighted by atomic mass is 16.6. The van der Waals surface area contributed by atoms with Gasteiger partial charge in [-0.15, -0.1) is 0 Å². The number of hydrogen-bond acceptors (Lipinski definition) is 5. The maximum Gasteiger partial charge on any atom is 0.340 e. The number of esters is 1. The molecule has 1 heterocycles. The standard InChI is InChI=1S/C25H22O6/c1-12-7-14(3)21(19(26)9-12)25(22-15(4)8-13(2)10-20(22)27)18-6-5-16(23(28)29)11-17(18)24(30)31-25/h5-11,26-27H,1-4H3,(H,28,29). The van der Waals surface area contributed by atoms with Crippen LogP contribution in [0, 0.1) is 27.7 Å². The van der Waals surface area contributed by atoms with E-state index in [1.54, 1.807) is 26.0 Å².